The van der Waals surface area contributed by atoms with E-state index in [1.807, 2.05) is 0 Å². The first-order chi connectivity index (χ1) is 7.99. The Hall–Kier alpha value is -0.860. The van der Waals surface area contributed by atoms with E-state index in [0.29, 0.717) is 12.5 Å². The summed E-state index contributed by atoms with van der Waals surface area (Å²) in [7, 11) is 0. The molecule has 2 nitrogen and oxygen atoms in total. The molecule has 0 saturated carbocycles. The van der Waals surface area contributed by atoms with Crippen LogP contribution in [0.4, 0.5) is 0 Å². The van der Waals surface area contributed by atoms with E-state index < -0.39 is 0 Å². The van der Waals surface area contributed by atoms with Gasteiger partial charge in [-0.1, -0.05) is 37.6 Å². The number of hydrogen-bond acceptors (Lipinski definition) is 2. The normalized spacial score (nSPS) is 13.1. The maximum atomic E-state index is 9.97. The Balaban J connectivity index is 2.44. The first kappa shape index (κ1) is 14.2. The molecule has 2 N–H and O–H groups in total. The van der Waals surface area contributed by atoms with Crippen LogP contribution < -0.4 is 5.32 Å². The van der Waals surface area contributed by atoms with Crippen molar-refractivity contribution in [3.05, 3.63) is 34.9 Å². The fourth-order valence-corrected chi connectivity index (χ4v) is 1.88. The van der Waals surface area contributed by atoms with Crippen molar-refractivity contribution in [1.29, 1.82) is 0 Å². The van der Waals surface area contributed by atoms with E-state index in [-0.39, 0.29) is 6.10 Å². The van der Waals surface area contributed by atoms with Crippen LogP contribution in [0, 0.1) is 19.8 Å². The third-order valence-electron chi connectivity index (χ3n) is 2.89. The second-order valence-corrected chi connectivity index (χ2v) is 5.34. The summed E-state index contributed by atoms with van der Waals surface area (Å²) in [4.78, 5) is 0. The van der Waals surface area contributed by atoms with Gasteiger partial charge in [0, 0.05) is 6.54 Å². The van der Waals surface area contributed by atoms with Crippen LogP contribution in [0.3, 0.4) is 0 Å². The lowest BCUT2D eigenvalue weighted by molar-refractivity contribution is 0.170. The Morgan fingerprint density at radius 3 is 2.53 bits per heavy atom. The van der Waals surface area contributed by atoms with E-state index in [0.717, 1.165) is 13.0 Å². The van der Waals surface area contributed by atoms with Crippen LogP contribution in [0.15, 0.2) is 18.2 Å². The topological polar surface area (TPSA) is 32.3 Å². The van der Waals surface area contributed by atoms with Gasteiger partial charge in [0.25, 0.3) is 0 Å². The maximum absolute atomic E-state index is 9.97. The Morgan fingerprint density at radius 2 is 1.88 bits per heavy atom. The molecule has 0 radical (unpaired) electrons. The fourth-order valence-electron chi connectivity index (χ4n) is 1.88. The van der Waals surface area contributed by atoms with Crippen molar-refractivity contribution in [3.8, 4) is 0 Å². The molecule has 2 heteroatoms. The van der Waals surface area contributed by atoms with Gasteiger partial charge in [0.15, 0.2) is 0 Å². The lowest BCUT2D eigenvalue weighted by Gasteiger charge is -2.15. The van der Waals surface area contributed by atoms with Crippen LogP contribution >= 0.6 is 0 Å². The highest BCUT2D eigenvalue weighted by atomic mass is 16.3. The molecular formula is C15H25NO. The summed E-state index contributed by atoms with van der Waals surface area (Å²) in [5.41, 5.74) is 3.77. The molecule has 0 bridgehead atoms. The zero-order chi connectivity index (χ0) is 12.8. The molecule has 0 amide bonds. The number of nitrogens with one attached hydrogen (secondary N) is 1. The van der Waals surface area contributed by atoms with Crippen LogP contribution in [0.25, 0.3) is 0 Å². The number of aryl methyl sites for hydroxylation is 2. The molecule has 1 unspecified atom stereocenters. The lowest BCUT2D eigenvalue weighted by Crippen LogP contribution is -2.31. The molecule has 0 aromatic heterocycles. The lowest BCUT2D eigenvalue weighted by atomic mass is 10.00. The molecule has 0 heterocycles. The minimum absolute atomic E-state index is 0.297. The van der Waals surface area contributed by atoms with Crippen molar-refractivity contribution in [2.75, 3.05) is 13.1 Å². The van der Waals surface area contributed by atoms with E-state index in [1.54, 1.807) is 0 Å². The predicted octanol–water partition coefficient (Wildman–Crippen LogP) is 2.45. The van der Waals surface area contributed by atoms with Crippen molar-refractivity contribution < 1.29 is 5.11 Å². The molecule has 1 atom stereocenters. The van der Waals surface area contributed by atoms with E-state index in [4.69, 9.17) is 0 Å². The summed E-state index contributed by atoms with van der Waals surface area (Å²) >= 11 is 0. The summed E-state index contributed by atoms with van der Waals surface area (Å²) < 4.78 is 0. The Bertz CT molecular complexity index is 347. The van der Waals surface area contributed by atoms with Gasteiger partial charge in [-0.25, -0.2) is 0 Å². The van der Waals surface area contributed by atoms with Crippen molar-refractivity contribution in [1.82, 2.24) is 5.32 Å². The van der Waals surface area contributed by atoms with Gasteiger partial charge in [0.2, 0.25) is 0 Å². The SMILES string of the molecule is Cc1ccc(C)c(CC(O)CNCC(C)C)c1. The largest absolute Gasteiger partial charge is 0.391 e. The minimum atomic E-state index is -0.297. The Labute approximate surface area is 105 Å². The second-order valence-electron chi connectivity index (χ2n) is 5.34. The quantitative estimate of drug-likeness (QED) is 0.794. The van der Waals surface area contributed by atoms with Crippen molar-refractivity contribution >= 4 is 0 Å². The summed E-state index contributed by atoms with van der Waals surface area (Å²) in [5.74, 6) is 0.628. The second kappa shape index (κ2) is 6.77. The van der Waals surface area contributed by atoms with Gasteiger partial charge in [-0.15, -0.1) is 0 Å². The molecule has 96 valence electrons. The maximum Gasteiger partial charge on any atom is 0.0704 e. The average molecular weight is 235 g/mol. The van der Waals surface area contributed by atoms with Gasteiger partial charge in [-0.2, -0.15) is 0 Å². The van der Waals surface area contributed by atoms with E-state index in [2.05, 4.69) is 51.2 Å². The van der Waals surface area contributed by atoms with Gasteiger partial charge in [-0.3, -0.25) is 0 Å². The molecule has 0 fully saturated rings. The molecule has 0 saturated heterocycles. The third kappa shape index (κ3) is 5.33. The first-order valence-electron chi connectivity index (χ1n) is 6.44. The molecule has 0 aliphatic carbocycles. The molecule has 1 aromatic carbocycles. The number of benzene rings is 1. The molecular weight excluding hydrogens is 210 g/mol. The van der Waals surface area contributed by atoms with E-state index >= 15 is 0 Å². The summed E-state index contributed by atoms with van der Waals surface area (Å²) in [6, 6.07) is 6.40. The summed E-state index contributed by atoms with van der Waals surface area (Å²) in [5, 5.41) is 13.3. The summed E-state index contributed by atoms with van der Waals surface area (Å²) in [6.45, 7) is 10.2. The monoisotopic (exact) mass is 235 g/mol. The minimum Gasteiger partial charge on any atom is -0.391 e. The van der Waals surface area contributed by atoms with Gasteiger partial charge < -0.3 is 10.4 Å². The van der Waals surface area contributed by atoms with Crippen LogP contribution in [-0.4, -0.2) is 24.3 Å². The van der Waals surface area contributed by atoms with Crippen LogP contribution in [0.1, 0.15) is 30.5 Å². The fraction of sp³-hybridized carbons (Fsp3) is 0.600. The Morgan fingerprint density at radius 1 is 1.18 bits per heavy atom. The Kier molecular flexibility index (Phi) is 5.66. The highest BCUT2D eigenvalue weighted by molar-refractivity contribution is 5.30. The summed E-state index contributed by atoms with van der Waals surface area (Å²) in [6.07, 6.45) is 0.438. The number of rotatable bonds is 6. The number of aliphatic hydroxyl groups excluding tert-OH is 1. The zero-order valence-electron chi connectivity index (χ0n) is 11.5. The smallest absolute Gasteiger partial charge is 0.0704 e. The number of hydrogen-bond donors (Lipinski definition) is 2. The molecule has 0 spiro atoms. The average Bonchev–Trinajstić information content (AvgIpc) is 2.23. The van der Waals surface area contributed by atoms with Crippen LogP contribution in [-0.2, 0) is 6.42 Å². The molecule has 17 heavy (non-hydrogen) atoms. The third-order valence-corrected chi connectivity index (χ3v) is 2.89. The van der Waals surface area contributed by atoms with Gasteiger partial charge in [0.1, 0.15) is 0 Å². The van der Waals surface area contributed by atoms with Gasteiger partial charge in [0.05, 0.1) is 6.10 Å². The van der Waals surface area contributed by atoms with Crippen molar-refractivity contribution in [2.45, 2.75) is 40.2 Å². The molecule has 0 aliphatic rings. The van der Waals surface area contributed by atoms with Gasteiger partial charge >= 0.3 is 0 Å². The van der Waals surface area contributed by atoms with Gasteiger partial charge in [-0.05, 0) is 43.9 Å². The van der Waals surface area contributed by atoms with Crippen molar-refractivity contribution in [2.24, 2.45) is 5.92 Å². The van der Waals surface area contributed by atoms with Crippen LogP contribution in [0.2, 0.25) is 0 Å². The molecule has 1 aromatic rings. The highest BCUT2D eigenvalue weighted by Gasteiger charge is 2.07. The zero-order valence-corrected chi connectivity index (χ0v) is 11.5. The predicted molar refractivity (Wildman–Crippen MR) is 73.3 cm³/mol. The number of aliphatic hydroxyl groups is 1. The molecule has 1 rings (SSSR count). The van der Waals surface area contributed by atoms with Crippen LogP contribution in [0.5, 0.6) is 0 Å². The van der Waals surface area contributed by atoms with E-state index in [1.165, 1.54) is 16.7 Å². The highest BCUT2D eigenvalue weighted by Crippen LogP contribution is 2.12. The standard InChI is InChI=1S/C15H25NO/c1-11(2)9-16-10-15(17)8-14-7-12(3)5-6-13(14)4/h5-7,11,15-17H,8-10H2,1-4H3. The first-order valence-corrected chi connectivity index (χ1v) is 6.44. The van der Waals surface area contributed by atoms with E-state index in [9.17, 15) is 5.11 Å². The molecule has 0 aliphatic heterocycles. The van der Waals surface area contributed by atoms with Crippen molar-refractivity contribution in [3.63, 3.8) is 0 Å².